The van der Waals surface area contributed by atoms with E-state index >= 15 is 0 Å². The van der Waals surface area contributed by atoms with Crippen molar-refractivity contribution in [1.29, 1.82) is 0 Å². The summed E-state index contributed by atoms with van der Waals surface area (Å²) in [4.78, 5) is 6.75. The van der Waals surface area contributed by atoms with Gasteiger partial charge in [-0.25, -0.2) is 4.98 Å². The monoisotopic (exact) mass is 249 g/mol. The predicted molar refractivity (Wildman–Crippen MR) is 76.0 cm³/mol. The minimum absolute atomic E-state index is 0.612. The Hall–Kier alpha value is -1.13. The largest absolute Gasteiger partial charge is 0.359 e. The van der Waals surface area contributed by atoms with E-state index in [4.69, 9.17) is 0 Å². The summed E-state index contributed by atoms with van der Waals surface area (Å²) in [5.41, 5.74) is 0. The summed E-state index contributed by atoms with van der Waals surface area (Å²) in [5, 5.41) is 6.60. The van der Waals surface area contributed by atoms with E-state index in [0.717, 1.165) is 18.9 Å². The Morgan fingerprint density at radius 3 is 3.06 bits per heavy atom. The molecule has 4 heteroatoms. The maximum Gasteiger partial charge on any atom is 0.137 e. The van der Waals surface area contributed by atoms with Crippen LogP contribution in [0, 0.1) is 5.92 Å². The van der Waals surface area contributed by atoms with Crippen molar-refractivity contribution in [2.75, 3.05) is 32.1 Å². The van der Waals surface area contributed by atoms with Crippen molar-refractivity contribution in [3.63, 3.8) is 0 Å². The average molecular weight is 249 g/mol. The van der Waals surface area contributed by atoms with E-state index in [-0.39, 0.29) is 0 Å². The average Bonchev–Trinajstić information content (AvgIpc) is 2.76. The molecule has 0 aliphatic carbocycles. The molecule has 0 spiro atoms. The van der Waals surface area contributed by atoms with E-state index in [1.807, 2.05) is 13.2 Å². The number of anilines is 1. The van der Waals surface area contributed by atoms with E-state index < -0.39 is 0 Å². The summed E-state index contributed by atoms with van der Waals surface area (Å²) in [6, 6.07) is 4.23. The number of fused-ring (bicyclic) bond motifs is 1. The summed E-state index contributed by atoms with van der Waals surface area (Å²) in [6.07, 6.45) is 1.90. The fourth-order valence-corrected chi connectivity index (χ4v) is 2.93. The highest BCUT2D eigenvalue weighted by Crippen LogP contribution is 2.27. The highest BCUT2D eigenvalue weighted by Gasteiger charge is 2.11. The zero-order valence-electron chi connectivity index (χ0n) is 10.6. The van der Waals surface area contributed by atoms with Crippen molar-refractivity contribution in [1.82, 2.24) is 10.3 Å². The predicted octanol–water partition coefficient (Wildman–Crippen LogP) is 2.59. The zero-order valence-corrected chi connectivity index (χ0v) is 11.4. The molecule has 1 atom stereocenters. The molecule has 0 saturated heterocycles. The molecule has 0 aliphatic heterocycles. The molecule has 0 amide bonds. The van der Waals surface area contributed by atoms with Crippen LogP contribution < -0.4 is 10.2 Å². The van der Waals surface area contributed by atoms with Gasteiger partial charge in [0.25, 0.3) is 0 Å². The van der Waals surface area contributed by atoms with Crippen molar-refractivity contribution in [3.05, 3.63) is 23.7 Å². The van der Waals surface area contributed by atoms with Crippen LogP contribution in [0.3, 0.4) is 0 Å². The van der Waals surface area contributed by atoms with Gasteiger partial charge in [0.05, 0.1) is 0 Å². The molecule has 2 rings (SSSR count). The Bertz CT molecular complexity index is 480. The van der Waals surface area contributed by atoms with E-state index in [1.165, 1.54) is 10.1 Å². The molecule has 3 nitrogen and oxygen atoms in total. The number of hydrogen-bond donors (Lipinski definition) is 1. The fraction of sp³-hybridized carbons (Fsp3) is 0.462. The molecule has 1 N–H and O–H groups in total. The molecular formula is C13H19N3S. The third-order valence-electron chi connectivity index (χ3n) is 2.86. The normalized spacial score (nSPS) is 12.9. The molecular weight excluding hydrogens is 230 g/mol. The molecule has 0 aliphatic rings. The Morgan fingerprint density at radius 2 is 2.29 bits per heavy atom. The van der Waals surface area contributed by atoms with Crippen molar-refractivity contribution < 1.29 is 0 Å². The number of nitrogens with one attached hydrogen (secondary N) is 1. The van der Waals surface area contributed by atoms with E-state index in [2.05, 4.69) is 46.7 Å². The number of rotatable bonds is 5. The van der Waals surface area contributed by atoms with Crippen molar-refractivity contribution >= 4 is 27.2 Å². The van der Waals surface area contributed by atoms with Crippen molar-refractivity contribution in [2.45, 2.75) is 6.92 Å². The van der Waals surface area contributed by atoms with Crippen LogP contribution in [0.25, 0.3) is 10.1 Å². The molecule has 0 fully saturated rings. The van der Waals surface area contributed by atoms with Crippen LogP contribution in [0.5, 0.6) is 0 Å². The van der Waals surface area contributed by atoms with Crippen LogP contribution in [-0.2, 0) is 0 Å². The zero-order chi connectivity index (χ0) is 12.3. The minimum Gasteiger partial charge on any atom is -0.359 e. The summed E-state index contributed by atoms with van der Waals surface area (Å²) in [5.74, 6) is 1.70. The maximum atomic E-state index is 4.50. The summed E-state index contributed by atoms with van der Waals surface area (Å²) in [7, 11) is 4.11. The second-order valence-electron chi connectivity index (χ2n) is 4.51. The van der Waals surface area contributed by atoms with Crippen LogP contribution in [0.15, 0.2) is 23.7 Å². The lowest BCUT2D eigenvalue weighted by atomic mass is 10.1. The Kier molecular flexibility index (Phi) is 3.97. The first-order valence-electron chi connectivity index (χ1n) is 5.90. The van der Waals surface area contributed by atoms with Crippen LogP contribution in [0.4, 0.5) is 5.82 Å². The third-order valence-corrected chi connectivity index (χ3v) is 3.74. The smallest absolute Gasteiger partial charge is 0.137 e. The highest BCUT2D eigenvalue weighted by molar-refractivity contribution is 7.17. The van der Waals surface area contributed by atoms with Crippen LogP contribution in [-0.4, -0.2) is 32.2 Å². The van der Waals surface area contributed by atoms with Gasteiger partial charge in [-0.2, -0.15) is 0 Å². The summed E-state index contributed by atoms with van der Waals surface area (Å²) >= 11 is 1.77. The molecule has 0 radical (unpaired) electrons. The van der Waals surface area contributed by atoms with Gasteiger partial charge in [-0.15, -0.1) is 11.3 Å². The van der Waals surface area contributed by atoms with Gasteiger partial charge in [-0.05, 0) is 37.0 Å². The lowest BCUT2D eigenvalue weighted by Gasteiger charge is -2.23. The highest BCUT2D eigenvalue weighted by atomic mass is 32.1. The second-order valence-corrected chi connectivity index (χ2v) is 5.46. The van der Waals surface area contributed by atoms with E-state index in [0.29, 0.717) is 5.92 Å². The molecule has 0 saturated carbocycles. The van der Waals surface area contributed by atoms with Gasteiger partial charge in [0.2, 0.25) is 0 Å². The minimum atomic E-state index is 0.612. The Labute approximate surface area is 106 Å². The number of nitrogens with zero attached hydrogens (tertiary/aromatic N) is 2. The second kappa shape index (κ2) is 5.47. The van der Waals surface area contributed by atoms with Crippen LogP contribution >= 0.6 is 11.3 Å². The van der Waals surface area contributed by atoms with Gasteiger partial charge in [0.1, 0.15) is 5.82 Å². The molecule has 0 bridgehead atoms. The SMILES string of the molecule is CNCC(C)CN(C)c1nccc2sccc12. The Morgan fingerprint density at radius 1 is 1.47 bits per heavy atom. The topological polar surface area (TPSA) is 28.2 Å². The van der Waals surface area contributed by atoms with Gasteiger partial charge in [-0.3, -0.25) is 0 Å². The van der Waals surface area contributed by atoms with Crippen LogP contribution in [0.1, 0.15) is 6.92 Å². The van der Waals surface area contributed by atoms with Gasteiger partial charge in [0.15, 0.2) is 0 Å². The van der Waals surface area contributed by atoms with Gasteiger partial charge >= 0.3 is 0 Å². The standard InChI is InChI=1S/C13H19N3S/c1-10(8-14-2)9-16(3)13-11-5-7-17-12(11)4-6-15-13/h4-7,10,14H,8-9H2,1-3H3. The first kappa shape index (κ1) is 12.3. The first-order chi connectivity index (χ1) is 8.22. The summed E-state index contributed by atoms with van der Waals surface area (Å²) in [6.45, 7) is 4.30. The lowest BCUT2D eigenvalue weighted by Crippen LogP contribution is -2.30. The summed E-state index contributed by atoms with van der Waals surface area (Å²) < 4.78 is 1.31. The third kappa shape index (κ3) is 2.76. The van der Waals surface area contributed by atoms with Gasteiger partial charge in [0, 0.05) is 29.9 Å². The molecule has 1 unspecified atom stereocenters. The van der Waals surface area contributed by atoms with Gasteiger partial charge in [-0.1, -0.05) is 6.92 Å². The van der Waals surface area contributed by atoms with Crippen molar-refractivity contribution in [2.24, 2.45) is 5.92 Å². The quantitative estimate of drug-likeness (QED) is 0.883. The van der Waals surface area contributed by atoms with Gasteiger partial charge < -0.3 is 10.2 Å². The number of thiophene rings is 1. The maximum absolute atomic E-state index is 4.50. The molecule has 17 heavy (non-hydrogen) atoms. The molecule has 2 aromatic rings. The molecule has 0 aromatic carbocycles. The fourth-order valence-electron chi connectivity index (χ4n) is 2.15. The number of hydrogen-bond acceptors (Lipinski definition) is 4. The first-order valence-corrected chi connectivity index (χ1v) is 6.78. The van der Waals surface area contributed by atoms with Crippen molar-refractivity contribution in [3.8, 4) is 0 Å². The molecule has 92 valence electrons. The number of pyridine rings is 1. The Balaban J connectivity index is 2.18. The lowest BCUT2D eigenvalue weighted by molar-refractivity contribution is 0.541. The molecule has 2 heterocycles. The van der Waals surface area contributed by atoms with E-state index in [9.17, 15) is 0 Å². The molecule has 2 aromatic heterocycles. The van der Waals surface area contributed by atoms with Crippen LogP contribution in [0.2, 0.25) is 0 Å². The van der Waals surface area contributed by atoms with E-state index in [1.54, 1.807) is 11.3 Å². The number of aromatic nitrogens is 1.